The van der Waals surface area contributed by atoms with Gasteiger partial charge < -0.3 is 10.4 Å². The number of aromatic amines is 1. The van der Waals surface area contributed by atoms with Crippen LogP contribution in [0.1, 0.15) is 28.4 Å². The molecule has 3 N–H and O–H groups in total. The van der Waals surface area contributed by atoms with Gasteiger partial charge in [-0.05, 0) is 35.6 Å². The smallest absolute Gasteiger partial charge is 0.259 e. The van der Waals surface area contributed by atoms with Gasteiger partial charge >= 0.3 is 0 Å². The van der Waals surface area contributed by atoms with Crippen LogP contribution >= 0.6 is 0 Å². The third kappa shape index (κ3) is 3.97. The first-order valence-corrected chi connectivity index (χ1v) is 9.61. The molecule has 3 aromatic carbocycles. The minimum atomic E-state index is -0.469. The molecule has 0 aliphatic carbocycles. The van der Waals surface area contributed by atoms with Crippen LogP contribution in [-0.4, -0.2) is 21.2 Å². The fourth-order valence-corrected chi connectivity index (χ4v) is 3.15. The van der Waals surface area contributed by atoms with E-state index in [0.717, 1.165) is 12.0 Å². The van der Waals surface area contributed by atoms with Gasteiger partial charge in [-0.25, -0.2) is 0 Å². The highest BCUT2D eigenvalue weighted by Crippen LogP contribution is 2.39. The Morgan fingerprint density at radius 2 is 1.97 bits per heavy atom. The van der Waals surface area contributed by atoms with Crippen LogP contribution in [0.15, 0.2) is 71.0 Å². The lowest BCUT2D eigenvalue weighted by Crippen LogP contribution is -2.12. The summed E-state index contributed by atoms with van der Waals surface area (Å²) < 4.78 is 0. The molecule has 8 heteroatoms. The number of phenols is 1. The molecule has 1 heterocycles. The number of benzene rings is 3. The zero-order chi connectivity index (χ0) is 21.8. The number of nitrogens with zero attached hydrogens (tertiary/aromatic N) is 4. The molecule has 0 spiro atoms. The SMILES string of the molecule is CCc1ccc(NC(=O)c2cc3ccccc3c(N=Nc3[nH]ncc3C#N)c2O)cc1. The summed E-state index contributed by atoms with van der Waals surface area (Å²) in [6.45, 7) is 2.06. The number of carbonyl (C=O) groups excluding carboxylic acids is 1. The normalized spacial score (nSPS) is 11.0. The number of phenolic OH excluding ortho intramolecular Hbond substituents is 1. The summed E-state index contributed by atoms with van der Waals surface area (Å²) in [5.41, 5.74) is 2.19. The van der Waals surface area contributed by atoms with Crippen LogP contribution in [0, 0.1) is 11.3 Å². The molecule has 0 aliphatic heterocycles. The molecule has 152 valence electrons. The molecule has 31 heavy (non-hydrogen) atoms. The van der Waals surface area contributed by atoms with Crippen molar-refractivity contribution in [2.45, 2.75) is 13.3 Å². The predicted molar refractivity (Wildman–Crippen MR) is 117 cm³/mol. The first-order chi connectivity index (χ1) is 15.1. The number of carbonyl (C=O) groups is 1. The third-order valence-electron chi connectivity index (χ3n) is 4.85. The maximum atomic E-state index is 12.9. The molecule has 0 unspecified atom stereocenters. The average molecular weight is 410 g/mol. The second-order valence-corrected chi connectivity index (χ2v) is 6.79. The summed E-state index contributed by atoms with van der Waals surface area (Å²) in [5.74, 6) is -0.608. The van der Waals surface area contributed by atoms with Gasteiger partial charge in [0, 0.05) is 11.1 Å². The van der Waals surface area contributed by atoms with E-state index < -0.39 is 5.91 Å². The van der Waals surface area contributed by atoms with Crippen molar-refractivity contribution in [1.29, 1.82) is 5.26 Å². The Labute approximate surface area is 177 Å². The van der Waals surface area contributed by atoms with Crippen molar-refractivity contribution in [1.82, 2.24) is 10.2 Å². The third-order valence-corrected chi connectivity index (χ3v) is 4.85. The molecule has 1 amide bonds. The molecule has 0 bridgehead atoms. The summed E-state index contributed by atoms with van der Waals surface area (Å²) >= 11 is 0. The lowest BCUT2D eigenvalue weighted by molar-refractivity contribution is 0.102. The first kappa shape index (κ1) is 19.8. The fourth-order valence-electron chi connectivity index (χ4n) is 3.15. The van der Waals surface area contributed by atoms with Crippen molar-refractivity contribution < 1.29 is 9.90 Å². The zero-order valence-corrected chi connectivity index (χ0v) is 16.6. The maximum Gasteiger partial charge on any atom is 0.259 e. The Kier molecular flexibility index (Phi) is 5.41. The number of azo groups is 1. The number of nitriles is 1. The number of hydrogen-bond acceptors (Lipinski definition) is 6. The lowest BCUT2D eigenvalue weighted by Gasteiger charge is -2.11. The molecule has 0 fully saturated rings. The van der Waals surface area contributed by atoms with Crippen LogP contribution < -0.4 is 5.32 Å². The largest absolute Gasteiger partial charge is 0.505 e. The predicted octanol–water partition coefficient (Wildman–Crippen LogP) is 5.37. The average Bonchev–Trinajstić information content (AvgIpc) is 3.26. The molecule has 8 nitrogen and oxygen atoms in total. The van der Waals surface area contributed by atoms with Gasteiger partial charge in [-0.1, -0.05) is 43.3 Å². The van der Waals surface area contributed by atoms with Gasteiger partial charge in [-0.3, -0.25) is 9.89 Å². The van der Waals surface area contributed by atoms with Crippen molar-refractivity contribution in [2.24, 2.45) is 10.2 Å². The monoisotopic (exact) mass is 410 g/mol. The van der Waals surface area contributed by atoms with Crippen molar-refractivity contribution in [3.8, 4) is 11.8 Å². The number of fused-ring (bicyclic) bond motifs is 1. The lowest BCUT2D eigenvalue weighted by atomic mass is 10.0. The Balaban J connectivity index is 1.75. The second kappa shape index (κ2) is 8.47. The molecular formula is C23H18N6O2. The Bertz CT molecular complexity index is 1330. The molecule has 0 saturated heterocycles. The Morgan fingerprint density at radius 3 is 2.71 bits per heavy atom. The number of nitrogens with one attached hydrogen (secondary N) is 2. The quantitative estimate of drug-likeness (QED) is 0.382. The van der Waals surface area contributed by atoms with Gasteiger partial charge in [0.05, 0.1) is 11.8 Å². The minimum absolute atomic E-state index is 0.0670. The van der Waals surface area contributed by atoms with E-state index in [1.54, 1.807) is 18.2 Å². The highest BCUT2D eigenvalue weighted by atomic mass is 16.3. The summed E-state index contributed by atoms with van der Waals surface area (Å²) in [6, 6.07) is 18.3. The van der Waals surface area contributed by atoms with Gasteiger partial charge in [0.25, 0.3) is 5.91 Å². The van der Waals surface area contributed by atoms with E-state index in [0.29, 0.717) is 16.5 Å². The number of anilines is 1. The number of aromatic nitrogens is 2. The zero-order valence-electron chi connectivity index (χ0n) is 16.6. The number of amides is 1. The van der Waals surface area contributed by atoms with Gasteiger partial charge in [0.15, 0.2) is 11.6 Å². The van der Waals surface area contributed by atoms with E-state index in [9.17, 15) is 9.90 Å². The number of hydrogen-bond donors (Lipinski definition) is 3. The van der Waals surface area contributed by atoms with Crippen molar-refractivity contribution in [3.63, 3.8) is 0 Å². The van der Waals surface area contributed by atoms with Crippen molar-refractivity contribution in [3.05, 3.63) is 77.5 Å². The Morgan fingerprint density at radius 1 is 1.19 bits per heavy atom. The highest BCUT2D eigenvalue weighted by molar-refractivity contribution is 6.11. The van der Waals surface area contributed by atoms with Crippen LogP contribution in [-0.2, 0) is 6.42 Å². The van der Waals surface area contributed by atoms with E-state index in [4.69, 9.17) is 5.26 Å². The van der Waals surface area contributed by atoms with Gasteiger partial charge in [0.1, 0.15) is 17.3 Å². The standard InChI is InChI=1S/C23H18N6O2/c1-2-14-7-9-17(10-8-14)26-23(31)19-11-15-5-3-4-6-18(15)20(21(19)30)27-29-22-16(12-24)13-25-28-22/h3-11,13,30H,2H2,1H3,(H,25,28)(H,26,31). The summed E-state index contributed by atoms with van der Waals surface area (Å²) in [4.78, 5) is 12.9. The summed E-state index contributed by atoms with van der Waals surface area (Å²) in [6.07, 6.45) is 2.23. The molecule has 0 radical (unpaired) electrons. The van der Waals surface area contributed by atoms with E-state index in [-0.39, 0.29) is 28.4 Å². The number of aryl methyl sites for hydroxylation is 1. The van der Waals surface area contributed by atoms with Gasteiger partial charge in [-0.15, -0.1) is 10.2 Å². The van der Waals surface area contributed by atoms with Gasteiger partial charge in [0.2, 0.25) is 0 Å². The van der Waals surface area contributed by atoms with E-state index >= 15 is 0 Å². The number of H-pyrrole nitrogens is 1. The molecule has 4 rings (SSSR count). The van der Waals surface area contributed by atoms with Crippen LogP contribution in [0.2, 0.25) is 0 Å². The number of aromatic hydroxyl groups is 1. The van der Waals surface area contributed by atoms with Crippen LogP contribution in [0.5, 0.6) is 5.75 Å². The first-order valence-electron chi connectivity index (χ1n) is 9.61. The summed E-state index contributed by atoms with van der Waals surface area (Å²) in [5, 5.41) is 38.6. The minimum Gasteiger partial charge on any atom is -0.505 e. The fraction of sp³-hybridized carbons (Fsp3) is 0.0870. The van der Waals surface area contributed by atoms with Gasteiger partial charge in [-0.2, -0.15) is 10.4 Å². The summed E-state index contributed by atoms with van der Waals surface area (Å²) in [7, 11) is 0. The van der Waals surface area contributed by atoms with E-state index in [1.807, 2.05) is 42.5 Å². The van der Waals surface area contributed by atoms with Crippen LogP contribution in [0.25, 0.3) is 10.8 Å². The molecule has 0 atom stereocenters. The molecule has 4 aromatic rings. The topological polar surface area (TPSA) is 127 Å². The molecule has 1 aromatic heterocycles. The van der Waals surface area contributed by atoms with Crippen molar-refractivity contribution >= 4 is 33.9 Å². The van der Waals surface area contributed by atoms with Crippen LogP contribution in [0.3, 0.4) is 0 Å². The van der Waals surface area contributed by atoms with E-state index in [1.165, 1.54) is 6.20 Å². The number of rotatable bonds is 5. The van der Waals surface area contributed by atoms with Crippen molar-refractivity contribution in [2.75, 3.05) is 5.32 Å². The van der Waals surface area contributed by atoms with E-state index in [2.05, 4.69) is 32.7 Å². The molecular weight excluding hydrogens is 392 g/mol. The maximum absolute atomic E-state index is 12.9. The second-order valence-electron chi connectivity index (χ2n) is 6.79. The Hall–Kier alpha value is -4.51. The molecule has 0 saturated carbocycles. The highest BCUT2D eigenvalue weighted by Gasteiger charge is 2.19. The molecule has 0 aliphatic rings. The van der Waals surface area contributed by atoms with Crippen LogP contribution in [0.4, 0.5) is 17.2 Å².